The third-order valence-electron chi connectivity index (χ3n) is 4.26. The van der Waals surface area contributed by atoms with Crippen molar-refractivity contribution in [2.75, 3.05) is 6.61 Å². The number of benzene rings is 2. The van der Waals surface area contributed by atoms with E-state index in [1.165, 1.54) is 23.8 Å². The van der Waals surface area contributed by atoms with E-state index in [-0.39, 0.29) is 22.1 Å². The summed E-state index contributed by atoms with van der Waals surface area (Å²) in [6.45, 7) is 4.15. The Morgan fingerprint density at radius 1 is 1.15 bits per heavy atom. The van der Waals surface area contributed by atoms with Crippen LogP contribution >= 0.6 is 0 Å². The minimum atomic E-state index is -1.10. The standard InChI is InChI=1S/C22H20O5/c1-3-14-7-5-6-8-15(14)9-12-19-21(26-4-2)20(23)17-13-16(22(24)25)10-11-18(17)27-19/h5-13H,3-4H2,1-2H3,(H,24,25). The Labute approximate surface area is 156 Å². The summed E-state index contributed by atoms with van der Waals surface area (Å²) in [6, 6.07) is 12.2. The van der Waals surface area contributed by atoms with E-state index in [1.807, 2.05) is 30.3 Å². The van der Waals surface area contributed by atoms with Crippen molar-refractivity contribution in [1.82, 2.24) is 0 Å². The van der Waals surface area contributed by atoms with Crippen LogP contribution in [0.5, 0.6) is 5.75 Å². The van der Waals surface area contributed by atoms with E-state index in [0.29, 0.717) is 18.0 Å². The fourth-order valence-electron chi connectivity index (χ4n) is 2.90. The summed E-state index contributed by atoms with van der Waals surface area (Å²) in [4.78, 5) is 24.0. The number of rotatable bonds is 6. The van der Waals surface area contributed by atoms with E-state index in [2.05, 4.69) is 6.92 Å². The van der Waals surface area contributed by atoms with E-state index in [1.54, 1.807) is 13.0 Å². The van der Waals surface area contributed by atoms with Gasteiger partial charge in [-0.3, -0.25) is 4.79 Å². The van der Waals surface area contributed by atoms with Crippen LogP contribution in [-0.4, -0.2) is 17.7 Å². The summed E-state index contributed by atoms with van der Waals surface area (Å²) >= 11 is 0. The number of hydrogen-bond donors (Lipinski definition) is 1. The van der Waals surface area contributed by atoms with Gasteiger partial charge in [0.25, 0.3) is 0 Å². The first-order valence-electron chi connectivity index (χ1n) is 8.78. The average molecular weight is 364 g/mol. The van der Waals surface area contributed by atoms with Crippen LogP contribution in [0.1, 0.15) is 41.1 Å². The van der Waals surface area contributed by atoms with Crippen LogP contribution in [0.3, 0.4) is 0 Å². The highest BCUT2D eigenvalue weighted by Crippen LogP contribution is 2.24. The first-order chi connectivity index (χ1) is 13.0. The van der Waals surface area contributed by atoms with Crippen molar-refractivity contribution in [2.24, 2.45) is 0 Å². The van der Waals surface area contributed by atoms with E-state index in [4.69, 9.17) is 14.3 Å². The van der Waals surface area contributed by atoms with E-state index < -0.39 is 5.97 Å². The summed E-state index contributed by atoms with van der Waals surface area (Å²) < 4.78 is 11.4. The normalized spacial score (nSPS) is 11.2. The highest BCUT2D eigenvalue weighted by molar-refractivity contribution is 5.93. The van der Waals surface area contributed by atoms with Crippen LogP contribution in [0, 0.1) is 0 Å². The van der Waals surface area contributed by atoms with Crippen molar-refractivity contribution < 1.29 is 19.1 Å². The molecule has 0 unspecified atom stereocenters. The molecule has 2 aromatic carbocycles. The number of ether oxygens (including phenoxy) is 1. The maximum Gasteiger partial charge on any atom is 0.335 e. The van der Waals surface area contributed by atoms with Gasteiger partial charge in [-0.25, -0.2) is 4.79 Å². The van der Waals surface area contributed by atoms with Crippen molar-refractivity contribution in [3.05, 3.63) is 75.1 Å². The molecule has 0 amide bonds. The number of carbonyl (C=O) groups is 1. The Morgan fingerprint density at radius 3 is 2.63 bits per heavy atom. The molecule has 0 atom stereocenters. The highest BCUT2D eigenvalue weighted by Gasteiger charge is 2.16. The topological polar surface area (TPSA) is 76.7 Å². The zero-order valence-corrected chi connectivity index (χ0v) is 15.2. The lowest BCUT2D eigenvalue weighted by Gasteiger charge is -2.08. The largest absolute Gasteiger partial charge is 0.487 e. The van der Waals surface area contributed by atoms with Crippen LogP contribution in [0.4, 0.5) is 0 Å². The minimum Gasteiger partial charge on any atom is -0.487 e. The van der Waals surface area contributed by atoms with Gasteiger partial charge in [0, 0.05) is 0 Å². The molecule has 0 spiro atoms. The van der Waals surface area contributed by atoms with Gasteiger partial charge in [0.15, 0.2) is 5.76 Å². The van der Waals surface area contributed by atoms with Crippen LogP contribution in [0.25, 0.3) is 23.1 Å². The van der Waals surface area contributed by atoms with Crippen LogP contribution in [-0.2, 0) is 6.42 Å². The molecule has 0 aliphatic heterocycles. The van der Waals surface area contributed by atoms with Gasteiger partial charge in [0.2, 0.25) is 11.2 Å². The summed E-state index contributed by atoms with van der Waals surface area (Å²) in [6.07, 6.45) is 4.49. The molecule has 1 aromatic heterocycles. The molecular formula is C22H20O5. The number of hydrogen-bond acceptors (Lipinski definition) is 4. The summed E-state index contributed by atoms with van der Waals surface area (Å²) in [7, 11) is 0. The van der Waals surface area contributed by atoms with Gasteiger partial charge < -0.3 is 14.3 Å². The molecular weight excluding hydrogens is 344 g/mol. The molecule has 0 aliphatic rings. The smallest absolute Gasteiger partial charge is 0.335 e. The first-order valence-corrected chi connectivity index (χ1v) is 8.78. The Kier molecular flexibility index (Phi) is 5.41. The monoisotopic (exact) mass is 364 g/mol. The predicted octanol–water partition coefficient (Wildman–Crippen LogP) is 4.62. The van der Waals surface area contributed by atoms with E-state index in [0.717, 1.165) is 12.0 Å². The zero-order valence-electron chi connectivity index (χ0n) is 15.2. The molecule has 5 nitrogen and oxygen atoms in total. The molecule has 5 heteroatoms. The van der Waals surface area contributed by atoms with Crippen molar-refractivity contribution in [3.8, 4) is 5.75 Å². The van der Waals surface area contributed by atoms with E-state index >= 15 is 0 Å². The van der Waals surface area contributed by atoms with Gasteiger partial charge in [0.05, 0.1) is 17.6 Å². The lowest BCUT2D eigenvalue weighted by molar-refractivity contribution is 0.0697. The Bertz CT molecular complexity index is 1080. The van der Waals surface area contributed by atoms with Crippen LogP contribution in [0.15, 0.2) is 51.7 Å². The molecule has 3 aromatic rings. The summed E-state index contributed by atoms with van der Waals surface area (Å²) in [5.74, 6) is -0.712. The number of aromatic carboxylic acids is 1. The minimum absolute atomic E-state index is 0.0254. The molecule has 1 N–H and O–H groups in total. The second-order valence-corrected chi connectivity index (χ2v) is 5.96. The van der Waals surface area contributed by atoms with Gasteiger partial charge in [0.1, 0.15) is 5.58 Å². The van der Waals surface area contributed by atoms with Gasteiger partial charge in [-0.15, -0.1) is 0 Å². The SMILES string of the molecule is CCOc1c(C=Cc2ccccc2CC)oc2ccc(C(=O)O)cc2c1=O. The van der Waals surface area contributed by atoms with Crippen LogP contribution < -0.4 is 10.2 Å². The molecule has 0 bridgehead atoms. The second-order valence-electron chi connectivity index (χ2n) is 5.96. The molecule has 1 heterocycles. The summed E-state index contributed by atoms with van der Waals surface area (Å²) in [5.41, 5.74) is 2.17. The van der Waals surface area contributed by atoms with Gasteiger partial charge in [-0.2, -0.15) is 0 Å². The molecule has 27 heavy (non-hydrogen) atoms. The highest BCUT2D eigenvalue weighted by atomic mass is 16.5. The molecule has 138 valence electrons. The zero-order chi connectivity index (χ0) is 19.4. The summed E-state index contributed by atoms with van der Waals surface area (Å²) in [5, 5.41) is 9.33. The quantitative estimate of drug-likeness (QED) is 0.690. The maximum absolute atomic E-state index is 12.8. The average Bonchev–Trinajstić information content (AvgIpc) is 2.68. The van der Waals surface area contributed by atoms with Crippen molar-refractivity contribution >= 4 is 29.1 Å². The molecule has 0 saturated heterocycles. The lowest BCUT2D eigenvalue weighted by atomic mass is 10.0. The van der Waals surface area contributed by atoms with E-state index in [9.17, 15) is 9.59 Å². The molecule has 0 fully saturated rings. The third kappa shape index (κ3) is 3.77. The molecule has 0 aliphatic carbocycles. The molecule has 0 radical (unpaired) electrons. The van der Waals surface area contributed by atoms with Gasteiger partial charge in [-0.05, 0) is 48.7 Å². The van der Waals surface area contributed by atoms with Gasteiger partial charge in [-0.1, -0.05) is 37.3 Å². The maximum atomic E-state index is 12.8. The fraction of sp³-hybridized carbons (Fsp3) is 0.182. The number of aryl methyl sites for hydroxylation is 1. The molecule has 0 saturated carbocycles. The Balaban J connectivity index is 2.15. The number of carboxylic acids is 1. The number of fused-ring (bicyclic) bond motifs is 1. The Hall–Kier alpha value is -3.34. The van der Waals surface area contributed by atoms with Crippen molar-refractivity contribution in [2.45, 2.75) is 20.3 Å². The van der Waals surface area contributed by atoms with Gasteiger partial charge >= 0.3 is 5.97 Å². The van der Waals surface area contributed by atoms with Crippen molar-refractivity contribution in [1.29, 1.82) is 0 Å². The first kappa shape index (κ1) is 18.5. The third-order valence-corrected chi connectivity index (χ3v) is 4.26. The van der Waals surface area contributed by atoms with Crippen molar-refractivity contribution in [3.63, 3.8) is 0 Å². The Morgan fingerprint density at radius 2 is 1.93 bits per heavy atom. The predicted molar refractivity (Wildman–Crippen MR) is 105 cm³/mol. The fourth-order valence-corrected chi connectivity index (χ4v) is 2.90. The second kappa shape index (κ2) is 7.91. The number of carboxylic acid groups (broad SMARTS) is 1. The van der Waals surface area contributed by atoms with Crippen LogP contribution in [0.2, 0.25) is 0 Å². The molecule has 3 rings (SSSR count). The lowest BCUT2D eigenvalue weighted by Crippen LogP contribution is -2.11.